The normalized spacial score (nSPS) is 22.2. The summed E-state index contributed by atoms with van der Waals surface area (Å²) >= 11 is 0. The maximum Gasteiger partial charge on any atom is 0.257 e. The van der Waals surface area contributed by atoms with Gasteiger partial charge in [0.25, 0.3) is 11.8 Å². The molecule has 0 aromatic heterocycles. The lowest BCUT2D eigenvalue weighted by Gasteiger charge is -2.30. The summed E-state index contributed by atoms with van der Waals surface area (Å²) in [6, 6.07) is 10.3. The van der Waals surface area contributed by atoms with E-state index in [1.807, 2.05) is 6.92 Å². The number of carbonyl (C=O) groups excluding carboxylic acids is 2. The topological polar surface area (TPSA) is 79.9 Å². The highest BCUT2D eigenvalue weighted by Gasteiger charge is 2.25. The largest absolute Gasteiger partial charge is 0.491 e. The molecular weight excluding hydrogens is 413 g/mol. The van der Waals surface area contributed by atoms with Gasteiger partial charge in [0.2, 0.25) is 0 Å². The van der Waals surface area contributed by atoms with E-state index in [0.717, 1.165) is 6.54 Å². The van der Waals surface area contributed by atoms with E-state index in [-0.39, 0.29) is 24.0 Å². The first-order valence-corrected chi connectivity index (χ1v) is 10.6. The minimum absolute atomic E-state index is 0.0768. The molecule has 0 radical (unpaired) electrons. The third-order valence-electron chi connectivity index (χ3n) is 5.59. The van der Waals surface area contributed by atoms with Gasteiger partial charge in [-0.2, -0.15) is 0 Å². The first-order chi connectivity index (χ1) is 15.3. The summed E-state index contributed by atoms with van der Waals surface area (Å²) in [5.74, 6) is -0.408. The van der Waals surface area contributed by atoms with Crippen molar-refractivity contribution in [1.82, 2.24) is 10.2 Å². The van der Waals surface area contributed by atoms with E-state index in [4.69, 9.17) is 9.47 Å². The summed E-state index contributed by atoms with van der Waals surface area (Å²) < 4.78 is 24.7. The van der Waals surface area contributed by atoms with Crippen molar-refractivity contribution in [3.63, 3.8) is 0 Å². The van der Waals surface area contributed by atoms with Gasteiger partial charge in [0, 0.05) is 44.5 Å². The molecule has 2 aromatic carbocycles. The second-order valence-corrected chi connectivity index (χ2v) is 8.23. The number of ether oxygens (including phenoxy) is 2. The Morgan fingerprint density at radius 1 is 1.22 bits per heavy atom. The predicted molar refractivity (Wildman–Crippen MR) is 121 cm³/mol. The number of hydrogen-bond acceptors (Lipinski definition) is 5. The molecule has 0 saturated carbocycles. The van der Waals surface area contributed by atoms with Crippen LogP contribution in [0, 0.1) is 11.7 Å². The van der Waals surface area contributed by atoms with Crippen LogP contribution in [-0.2, 0) is 4.74 Å². The van der Waals surface area contributed by atoms with Crippen molar-refractivity contribution in [3.8, 4) is 5.75 Å². The Balaban J connectivity index is 1.88. The smallest absolute Gasteiger partial charge is 0.257 e. The number of nitrogens with one attached hydrogen (secondary N) is 2. The lowest BCUT2D eigenvalue weighted by molar-refractivity contribution is 0.0281. The zero-order valence-electron chi connectivity index (χ0n) is 18.9. The summed E-state index contributed by atoms with van der Waals surface area (Å²) in [7, 11) is 3.37. The number of methoxy groups -OCH3 is 1. The first-order valence-electron chi connectivity index (χ1n) is 10.6. The number of hydrogen-bond donors (Lipinski definition) is 2. The molecule has 0 bridgehead atoms. The Hall–Kier alpha value is -2.97. The number of amides is 2. The minimum atomic E-state index is -0.417. The summed E-state index contributed by atoms with van der Waals surface area (Å²) in [6.07, 6.45) is -0.131. The second kappa shape index (κ2) is 10.6. The van der Waals surface area contributed by atoms with Crippen LogP contribution in [0.15, 0.2) is 42.5 Å². The Morgan fingerprint density at radius 2 is 1.94 bits per heavy atom. The number of anilines is 1. The van der Waals surface area contributed by atoms with Crippen molar-refractivity contribution < 1.29 is 23.5 Å². The number of fused-ring (bicyclic) bond motifs is 1. The van der Waals surface area contributed by atoms with Crippen LogP contribution in [0.25, 0.3) is 0 Å². The molecule has 7 nitrogen and oxygen atoms in total. The molecule has 1 aliphatic heterocycles. The average Bonchev–Trinajstić information content (AvgIpc) is 2.79. The van der Waals surface area contributed by atoms with E-state index in [0.29, 0.717) is 35.7 Å². The summed E-state index contributed by atoms with van der Waals surface area (Å²) in [5.41, 5.74) is 1.11. The number of halogens is 1. The molecule has 2 amide bonds. The molecule has 3 atom stereocenters. The molecule has 32 heavy (non-hydrogen) atoms. The molecular formula is C24H30FN3O4. The number of rotatable bonds is 3. The van der Waals surface area contributed by atoms with Crippen molar-refractivity contribution in [3.05, 3.63) is 59.4 Å². The highest BCUT2D eigenvalue weighted by atomic mass is 19.1. The summed E-state index contributed by atoms with van der Waals surface area (Å²) in [5, 5.41) is 6.20. The van der Waals surface area contributed by atoms with E-state index in [2.05, 4.69) is 17.6 Å². The van der Waals surface area contributed by atoms with Gasteiger partial charge in [-0.15, -0.1) is 0 Å². The molecule has 0 fully saturated rings. The van der Waals surface area contributed by atoms with Gasteiger partial charge in [0.15, 0.2) is 0 Å². The molecule has 0 saturated heterocycles. The molecule has 1 aliphatic rings. The Kier molecular flexibility index (Phi) is 7.82. The zero-order chi connectivity index (χ0) is 23.3. The van der Waals surface area contributed by atoms with E-state index in [1.165, 1.54) is 24.3 Å². The van der Waals surface area contributed by atoms with Gasteiger partial charge in [-0.25, -0.2) is 4.39 Å². The lowest BCUT2D eigenvalue weighted by atomic mass is 10.0. The van der Waals surface area contributed by atoms with Gasteiger partial charge >= 0.3 is 0 Å². The standard InChI is InChI=1S/C24H30FN3O4/c1-15-12-26-16(2)14-32-21-10-9-19(27-23(29)17-5-7-18(25)8-6-17)11-20(21)24(30)28(3)13-22(15)31-4/h5-11,15-16,22,26H,12-14H2,1-4H3,(H,27,29)/t15-,16-,22+/m1/s1. The van der Waals surface area contributed by atoms with Crippen molar-refractivity contribution in [2.75, 3.05) is 39.2 Å². The third-order valence-corrected chi connectivity index (χ3v) is 5.59. The van der Waals surface area contributed by atoms with Crippen LogP contribution in [-0.4, -0.2) is 62.7 Å². The van der Waals surface area contributed by atoms with Crippen LogP contribution in [0.4, 0.5) is 10.1 Å². The highest BCUT2D eigenvalue weighted by Crippen LogP contribution is 2.26. The van der Waals surface area contributed by atoms with E-state index < -0.39 is 11.7 Å². The SMILES string of the molecule is CO[C@H]1CN(C)C(=O)c2cc(NC(=O)c3ccc(F)cc3)ccc2OC[C@@H](C)NC[C@H]1C. The van der Waals surface area contributed by atoms with Gasteiger partial charge in [0.1, 0.15) is 18.2 Å². The fourth-order valence-corrected chi connectivity index (χ4v) is 3.54. The Labute approximate surface area is 187 Å². The van der Waals surface area contributed by atoms with Crippen molar-refractivity contribution in [2.24, 2.45) is 5.92 Å². The van der Waals surface area contributed by atoms with Crippen LogP contribution < -0.4 is 15.4 Å². The molecule has 3 rings (SSSR count). The summed E-state index contributed by atoms with van der Waals surface area (Å²) in [6.45, 7) is 5.64. The highest BCUT2D eigenvalue weighted by molar-refractivity contribution is 6.05. The Morgan fingerprint density at radius 3 is 2.62 bits per heavy atom. The maximum absolute atomic E-state index is 13.3. The maximum atomic E-state index is 13.3. The number of carbonyl (C=O) groups is 2. The van der Waals surface area contributed by atoms with Crippen molar-refractivity contribution in [2.45, 2.75) is 26.0 Å². The van der Waals surface area contributed by atoms with Crippen LogP contribution in [0.1, 0.15) is 34.6 Å². The second-order valence-electron chi connectivity index (χ2n) is 8.23. The third kappa shape index (κ3) is 5.83. The monoisotopic (exact) mass is 443 g/mol. The number of nitrogens with zero attached hydrogens (tertiary/aromatic N) is 1. The Bertz CT molecular complexity index is 951. The molecule has 2 N–H and O–H groups in total. The van der Waals surface area contributed by atoms with Crippen LogP contribution in [0.3, 0.4) is 0 Å². The van der Waals surface area contributed by atoms with Gasteiger partial charge < -0.3 is 25.0 Å². The molecule has 0 aliphatic carbocycles. The van der Waals surface area contributed by atoms with Crippen LogP contribution in [0.2, 0.25) is 0 Å². The van der Waals surface area contributed by atoms with E-state index in [1.54, 1.807) is 37.3 Å². The van der Waals surface area contributed by atoms with Gasteiger partial charge in [-0.05, 0) is 55.3 Å². The molecule has 172 valence electrons. The van der Waals surface area contributed by atoms with Crippen LogP contribution >= 0.6 is 0 Å². The number of benzene rings is 2. The number of likely N-dealkylation sites (N-methyl/N-ethyl adjacent to an activating group) is 1. The molecule has 0 spiro atoms. The average molecular weight is 444 g/mol. The van der Waals surface area contributed by atoms with Gasteiger partial charge in [-0.1, -0.05) is 6.92 Å². The summed E-state index contributed by atoms with van der Waals surface area (Å²) in [4.78, 5) is 27.4. The fourth-order valence-electron chi connectivity index (χ4n) is 3.54. The predicted octanol–water partition coefficient (Wildman–Crippen LogP) is 3.17. The van der Waals surface area contributed by atoms with E-state index >= 15 is 0 Å². The first kappa shape index (κ1) is 23.7. The lowest BCUT2D eigenvalue weighted by Crippen LogP contribution is -2.44. The zero-order valence-corrected chi connectivity index (χ0v) is 18.9. The van der Waals surface area contributed by atoms with Crippen molar-refractivity contribution >= 4 is 17.5 Å². The molecule has 2 aromatic rings. The van der Waals surface area contributed by atoms with Crippen molar-refractivity contribution in [1.29, 1.82) is 0 Å². The van der Waals surface area contributed by atoms with Gasteiger partial charge in [-0.3, -0.25) is 9.59 Å². The van der Waals surface area contributed by atoms with Crippen LogP contribution in [0.5, 0.6) is 5.75 Å². The fraction of sp³-hybridized carbons (Fsp3) is 0.417. The van der Waals surface area contributed by atoms with E-state index in [9.17, 15) is 14.0 Å². The quantitative estimate of drug-likeness (QED) is 0.762. The molecule has 1 heterocycles. The van der Waals surface area contributed by atoms with Gasteiger partial charge in [0.05, 0.1) is 11.7 Å². The molecule has 8 heteroatoms. The minimum Gasteiger partial charge on any atom is -0.491 e. The molecule has 0 unspecified atom stereocenters.